The van der Waals surface area contributed by atoms with Crippen molar-refractivity contribution in [3.05, 3.63) is 18.2 Å². The van der Waals surface area contributed by atoms with E-state index in [1.807, 2.05) is 0 Å². The summed E-state index contributed by atoms with van der Waals surface area (Å²) in [5.74, 6) is 0.609. The van der Waals surface area contributed by atoms with Crippen molar-refractivity contribution in [2.75, 3.05) is 31.4 Å². The fourth-order valence-electron chi connectivity index (χ4n) is 2.01. The predicted octanol–water partition coefficient (Wildman–Crippen LogP) is 1.64. The van der Waals surface area contributed by atoms with Crippen molar-refractivity contribution in [1.82, 2.24) is 0 Å². The van der Waals surface area contributed by atoms with Crippen LogP contribution >= 0.6 is 0 Å². The summed E-state index contributed by atoms with van der Waals surface area (Å²) in [5, 5.41) is 2.88. The molecule has 1 aliphatic heterocycles. The Hall–Kier alpha value is -1.75. The quantitative estimate of drug-likeness (QED) is 0.800. The molecule has 1 aromatic rings. The zero-order valence-corrected chi connectivity index (χ0v) is 10.4. The molecule has 0 bridgehead atoms. The lowest BCUT2D eigenvalue weighted by Gasteiger charge is -2.21. The monoisotopic (exact) mass is 250 g/mol. The number of nitrogen functional groups attached to an aromatic ring is 1. The van der Waals surface area contributed by atoms with Crippen LogP contribution in [0.5, 0.6) is 5.75 Å². The molecule has 1 fully saturated rings. The lowest BCUT2D eigenvalue weighted by molar-refractivity contribution is -0.122. The fourth-order valence-corrected chi connectivity index (χ4v) is 2.01. The molecular formula is C13H18N2O3. The Morgan fingerprint density at radius 3 is 2.83 bits per heavy atom. The number of benzene rings is 1. The molecule has 0 aromatic heterocycles. The molecule has 1 heterocycles. The van der Waals surface area contributed by atoms with E-state index in [4.69, 9.17) is 15.2 Å². The fraction of sp³-hybridized carbons (Fsp3) is 0.462. The second-order valence-corrected chi connectivity index (χ2v) is 4.34. The zero-order chi connectivity index (χ0) is 13.0. The van der Waals surface area contributed by atoms with Gasteiger partial charge >= 0.3 is 0 Å². The van der Waals surface area contributed by atoms with E-state index in [9.17, 15) is 4.79 Å². The summed E-state index contributed by atoms with van der Waals surface area (Å²) in [6.07, 6.45) is 1.53. The van der Waals surface area contributed by atoms with Gasteiger partial charge in [-0.15, -0.1) is 0 Å². The first-order valence-corrected chi connectivity index (χ1v) is 6.03. The summed E-state index contributed by atoms with van der Waals surface area (Å²) in [5.41, 5.74) is 6.93. The Morgan fingerprint density at radius 1 is 1.44 bits per heavy atom. The van der Waals surface area contributed by atoms with Gasteiger partial charge in [-0.1, -0.05) is 0 Å². The van der Waals surface area contributed by atoms with Crippen LogP contribution in [0.2, 0.25) is 0 Å². The van der Waals surface area contributed by atoms with Gasteiger partial charge in [0, 0.05) is 30.9 Å². The van der Waals surface area contributed by atoms with Crippen LogP contribution in [0.1, 0.15) is 12.8 Å². The van der Waals surface area contributed by atoms with E-state index in [2.05, 4.69) is 5.32 Å². The van der Waals surface area contributed by atoms with E-state index in [1.54, 1.807) is 25.3 Å². The number of anilines is 2. The van der Waals surface area contributed by atoms with E-state index in [0.717, 1.165) is 12.8 Å². The molecule has 0 spiro atoms. The molecule has 1 saturated heterocycles. The highest BCUT2D eigenvalue weighted by Crippen LogP contribution is 2.28. The first kappa shape index (κ1) is 12.7. The molecular weight excluding hydrogens is 232 g/mol. The second-order valence-electron chi connectivity index (χ2n) is 4.34. The maximum absolute atomic E-state index is 12.1. The van der Waals surface area contributed by atoms with Crippen LogP contribution in [0.15, 0.2) is 18.2 Å². The minimum absolute atomic E-state index is 0.0148. The summed E-state index contributed by atoms with van der Waals surface area (Å²) in [4.78, 5) is 12.1. The van der Waals surface area contributed by atoms with Crippen LogP contribution in [-0.2, 0) is 9.53 Å². The third-order valence-electron chi connectivity index (χ3n) is 3.08. The maximum atomic E-state index is 12.1. The highest BCUT2D eigenvalue weighted by molar-refractivity contribution is 5.94. The van der Waals surface area contributed by atoms with Crippen molar-refractivity contribution < 1.29 is 14.3 Å². The largest absolute Gasteiger partial charge is 0.494 e. The lowest BCUT2D eigenvalue weighted by atomic mass is 9.99. The van der Waals surface area contributed by atoms with E-state index in [0.29, 0.717) is 30.3 Å². The number of hydrogen-bond acceptors (Lipinski definition) is 4. The van der Waals surface area contributed by atoms with E-state index < -0.39 is 0 Å². The predicted molar refractivity (Wildman–Crippen MR) is 69.6 cm³/mol. The Bertz CT molecular complexity index is 428. The molecule has 0 unspecified atom stereocenters. The molecule has 2 rings (SSSR count). The second kappa shape index (κ2) is 5.73. The van der Waals surface area contributed by atoms with Gasteiger partial charge in [0.1, 0.15) is 5.75 Å². The number of hydrogen-bond donors (Lipinski definition) is 2. The molecule has 1 aliphatic rings. The van der Waals surface area contributed by atoms with Gasteiger partial charge in [0.2, 0.25) is 5.91 Å². The van der Waals surface area contributed by atoms with Crippen LogP contribution in [0.4, 0.5) is 11.4 Å². The van der Waals surface area contributed by atoms with Crippen molar-refractivity contribution in [2.24, 2.45) is 5.92 Å². The van der Waals surface area contributed by atoms with E-state index in [1.165, 1.54) is 0 Å². The molecule has 5 nitrogen and oxygen atoms in total. The summed E-state index contributed by atoms with van der Waals surface area (Å²) in [6, 6.07) is 5.19. The first-order valence-electron chi connectivity index (χ1n) is 6.03. The summed E-state index contributed by atoms with van der Waals surface area (Å²) >= 11 is 0. The minimum Gasteiger partial charge on any atom is -0.494 e. The van der Waals surface area contributed by atoms with Crippen molar-refractivity contribution in [3.8, 4) is 5.75 Å². The van der Waals surface area contributed by atoms with Gasteiger partial charge < -0.3 is 20.5 Å². The van der Waals surface area contributed by atoms with Gasteiger partial charge in [0.25, 0.3) is 0 Å². The standard InChI is InChI=1S/C13H18N2O3/c1-17-12-8-10(14)2-3-11(12)15-13(16)9-4-6-18-7-5-9/h2-3,8-9H,4-7,14H2,1H3,(H,15,16). The normalized spacial score (nSPS) is 16.3. The third-order valence-corrected chi connectivity index (χ3v) is 3.08. The zero-order valence-electron chi connectivity index (χ0n) is 10.4. The molecule has 1 amide bonds. The van der Waals surface area contributed by atoms with Gasteiger partial charge in [-0.2, -0.15) is 0 Å². The molecule has 0 atom stereocenters. The van der Waals surface area contributed by atoms with Gasteiger partial charge in [-0.25, -0.2) is 0 Å². The average molecular weight is 250 g/mol. The lowest BCUT2D eigenvalue weighted by Crippen LogP contribution is -2.28. The van der Waals surface area contributed by atoms with Gasteiger partial charge in [0.15, 0.2) is 0 Å². The highest BCUT2D eigenvalue weighted by Gasteiger charge is 2.22. The molecule has 0 radical (unpaired) electrons. The molecule has 1 aromatic carbocycles. The van der Waals surface area contributed by atoms with Gasteiger partial charge in [-0.3, -0.25) is 4.79 Å². The number of ether oxygens (including phenoxy) is 2. The van der Waals surface area contributed by atoms with Crippen molar-refractivity contribution in [1.29, 1.82) is 0 Å². The Kier molecular flexibility index (Phi) is 4.04. The van der Waals surface area contributed by atoms with Crippen molar-refractivity contribution >= 4 is 17.3 Å². The molecule has 98 valence electrons. The average Bonchev–Trinajstić information content (AvgIpc) is 2.41. The van der Waals surface area contributed by atoms with Crippen molar-refractivity contribution in [2.45, 2.75) is 12.8 Å². The number of nitrogens with two attached hydrogens (primary N) is 1. The Morgan fingerprint density at radius 2 is 2.17 bits per heavy atom. The Labute approximate surface area is 106 Å². The number of nitrogens with one attached hydrogen (secondary N) is 1. The molecule has 5 heteroatoms. The van der Waals surface area contributed by atoms with Crippen LogP contribution in [0.25, 0.3) is 0 Å². The molecule has 18 heavy (non-hydrogen) atoms. The highest BCUT2D eigenvalue weighted by atomic mass is 16.5. The van der Waals surface area contributed by atoms with Crippen LogP contribution in [0, 0.1) is 5.92 Å². The smallest absolute Gasteiger partial charge is 0.227 e. The summed E-state index contributed by atoms with van der Waals surface area (Å²) in [7, 11) is 1.55. The maximum Gasteiger partial charge on any atom is 0.227 e. The molecule has 3 N–H and O–H groups in total. The molecule has 0 saturated carbocycles. The van der Waals surface area contributed by atoms with Gasteiger partial charge in [-0.05, 0) is 25.0 Å². The number of amides is 1. The summed E-state index contributed by atoms with van der Waals surface area (Å²) in [6.45, 7) is 1.30. The van der Waals surface area contributed by atoms with E-state index >= 15 is 0 Å². The van der Waals surface area contributed by atoms with Crippen LogP contribution in [-0.4, -0.2) is 26.2 Å². The number of rotatable bonds is 3. The van der Waals surface area contributed by atoms with Gasteiger partial charge in [0.05, 0.1) is 12.8 Å². The Balaban J connectivity index is 2.06. The topological polar surface area (TPSA) is 73.6 Å². The third kappa shape index (κ3) is 2.92. The summed E-state index contributed by atoms with van der Waals surface area (Å²) < 4.78 is 10.4. The van der Waals surface area contributed by atoms with E-state index in [-0.39, 0.29) is 11.8 Å². The first-order chi connectivity index (χ1) is 8.70. The SMILES string of the molecule is COc1cc(N)ccc1NC(=O)C1CCOCC1. The minimum atomic E-state index is 0.0148. The van der Waals surface area contributed by atoms with Crippen LogP contribution < -0.4 is 15.8 Å². The number of methoxy groups -OCH3 is 1. The van der Waals surface area contributed by atoms with Crippen molar-refractivity contribution in [3.63, 3.8) is 0 Å². The van der Waals surface area contributed by atoms with Crippen LogP contribution in [0.3, 0.4) is 0 Å². The number of carbonyl (C=O) groups is 1. The molecule has 0 aliphatic carbocycles. The number of carbonyl (C=O) groups excluding carboxylic acids is 1.